The summed E-state index contributed by atoms with van der Waals surface area (Å²) in [5, 5.41) is -0.577. The molecule has 0 spiro atoms. The number of methoxy groups -OCH3 is 2. The molecule has 2 aromatic carbocycles. The van der Waals surface area contributed by atoms with Gasteiger partial charge in [-0.05, 0) is 59.8 Å². The van der Waals surface area contributed by atoms with Crippen LogP contribution in [0.4, 0.5) is 4.79 Å². The van der Waals surface area contributed by atoms with Crippen molar-refractivity contribution in [3.05, 3.63) is 58.5 Å². The molecule has 2 aromatic rings. The van der Waals surface area contributed by atoms with Crippen molar-refractivity contribution in [1.82, 2.24) is 4.90 Å². The molecule has 0 aromatic heterocycles. The first kappa shape index (κ1) is 21.9. The zero-order valence-corrected chi connectivity index (χ0v) is 17.4. The van der Waals surface area contributed by atoms with Gasteiger partial charge in [-0.15, -0.1) is 0 Å². The van der Waals surface area contributed by atoms with E-state index >= 15 is 0 Å². The average molecular weight is 442 g/mol. The standard InChI is InChI=1S/C21H18N2O7S/c1-28-14-6-4-13(5-7-14)20(26)30-15-8-3-12(9-16(15)29-2)10-17-19(25)23(11-18(22)24)21(27)31-17/h3-10H,11H2,1-2H3,(H2,22,24)/b17-10-. The monoisotopic (exact) mass is 442 g/mol. The van der Waals surface area contributed by atoms with Crippen molar-refractivity contribution >= 4 is 40.9 Å². The molecular formula is C21H18N2O7S. The molecule has 9 nitrogen and oxygen atoms in total. The van der Waals surface area contributed by atoms with Crippen molar-refractivity contribution in [2.45, 2.75) is 0 Å². The first-order chi connectivity index (χ1) is 14.8. The highest BCUT2D eigenvalue weighted by molar-refractivity contribution is 8.18. The smallest absolute Gasteiger partial charge is 0.343 e. The van der Waals surface area contributed by atoms with Crippen LogP contribution < -0.4 is 19.9 Å². The Bertz CT molecular complexity index is 1080. The highest BCUT2D eigenvalue weighted by atomic mass is 32.2. The maximum Gasteiger partial charge on any atom is 0.343 e. The Morgan fingerprint density at radius 2 is 1.74 bits per heavy atom. The van der Waals surface area contributed by atoms with Crippen LogP contribution in [0.5, 0.6) is 17.2 Å². The molecule has 2 N–H and O–H groups in total. The van der Waals surface area contributed by atoms with Crippen molar-refractivity contribution in [3.63, 3.8) is 0 Å². The van der Waals surface area contributed by atoms with Crippen LogP contribution in [0.2, 0.25) is 0 Å². The van der Waals surface area contributed by atoms with E-state index in [1.807, 2.05) is 0 Å². The highest BCUT2D eigenvalue weighted by Crippen LogP contribution is 2.34. The fourth-order valence-electron chi connectivity index (χ4n) is 2.69. The van der Waals surface area contributed by atoms with E-state index in [0.717, 1.165) is 4.90 Å². The van der Waals surface area contributed by atoms with Crippen LogP contribution in [-0.4, -0.2) is 48.7 Å². The first-order valence-corrected chi connectivity index (χ1v) is 9.72. The molecule has 1 aliphatic heterocycles. The van der Waals surface area contributed by atoms with Crippen LogP contribution in [0, 0.1) is 0 Å². The van der Waals surface area contributed by atoms with Crippen LogP contribution in [0.15, 0.2) is 47.4 Å². The molecule has 1 heterocycles. The molecule has 1 aliphatic rings. The first-order valence-electron chi connectivity index (χ1n) is 8.90. The molecule has 0 aliphatic carbocycles. The molecule has 0 radical (unpaired) electrons. The van der Waals surface area contributed by atoms with Crippen molar-refractivity contribution in [3.8, 4) is 17.2 Å². The maximum atomic E-state index is 12.4. The molecule has 0 unspecified atom stereocenters. The Morgan fingerprint density at radius 1 is 1.03 bits per heavy atom. The van der Waals surface area contributed by atoms with Crippen LogP contribution in [-0.2, 0) is 9.59 Å². The highest BCUT2D eigenvalue weighted by Gasteiger charge is 2.35. The van der Waals surface area contributed by atoms with E-state index in [4.69, 9.17) is 19.9 Å². The Balaban J connectivity index is 1.79. The molecule has 0 saturated carbocycles. The summed E-state index contributed by atoms with van der Waals surface area (Å²) in [6.07, 6.45) is 1.48. The number of hydrogen-bond donors (Lipinski definition) is 1. The van der Waals surface area contributed by atoms with E-state index in [2.05, 4.69) is 0 Å². The summed E-state index contributed by atoms with van der Waals surface area (Å²) in [6.45, 7) is -0.481. The summed E-state index contributed by atoms with van der Waals surface area (Å²) in [5.74, 6) is -0.926. The predicted octanol–water partition coefficient (Wildman–Crippen LogP) is 2.44. The second-order valence-corrected chi connectivity index (χ2v) is 7.26. The van der Waals surface area contributed by atoms with E-state index < -0.39 is 29.6 Å². The number of benzene rings is 2. The molecule has 1 fully saturated rings. The zero-order valence-electron chi connectivity index (χ0n) is 16.6. The summed E-state index contributed by atoms with van der Waals surface area (Å²) in [4.78, 5) is 48.6. The van der Waals surface area contributed by atoms with Gasteiger partial charge in [0.05, 0.1) is 24.7 Å². The number of thioether (sulfide) groups is 1. The lowest BCUT2D eigenvalue weighted by Gasteiger charge is -2.11. The van der Waals surface area contributed by atoms with Crippen LogP contribution in [0.3, 0.4) is 0 Å². The number of primary amides is 1. The van der Waals surface area contributed by atoms with Gasteiger partial charge >= 0.3 is 5.97 Å². The number of esters is 1. The molecule has 31 heavy (non-hydrogen) atoms. The van der Waals surface area contributed by atoms with Crippen LogP contribution >= 0.6 is 11.8 Å². The zero-order chi connectivity index (χ0) is 22.5. The normalized spacial score (nSPS) is 14.6. The number of imide groups is 1. The van der Waals surface area contributed by atoms with Gasteiger partial charge in [0.25, 0.3) is 11.1 Å². The van der Waals surface area contributed by atoms with E-state index in [1.165, 1.54) is 26.4 Å². The Kier molecular flexibility index (Phi) is 6.61. The van der Waals surface area contributed by atoms with Gasteiger partial charge < -0.3 is 19.9 Å². The Labute approximate surface area is 181 Å². The molecule has 3 amide bonds. The number of rotatable bonds is 7. The Hall–Kier alpha value is -3.79. The number of carbonyl (C=O) groups is 4. The molecule has 10 heteroatoms. The number of carbonyl (C=O) groups excluding carboxylic acids is 4. The predicted molar refractivity (Wildman–Crippen MR) is 113 cm³/mol. The second-order valence-electron chi connectivity index (χ2n) is 6.26. The van der Waals surface area contributed by atoms with E-state index in [9.17, 15) is 19.2 Å². The summed E-state index contributed by atoms with van der Waals surface area (Å²) >= 11 is 0.702. The van der Waals surface area contributed by atoms with Gasteiger partial charge in [0, 0.05) is 0 Å². The third-order valence-electron chi connectivity index (χ3n) is 4.20. The third-order valence-corrected chi connectivity index (χ3v) is 5.11. The second kappa shape index (κ2) is 9.35. The number of ether oxygens (including phenoxy) is 3. The van der Waals surface area contributed by atoms with Gasteiger partial charge in [-0.1, -0.05) is 6.07 Å². The minimum atomic E-state index is -0.784. The van der Waals surface area contributed by atoms with Crippen molar-refractivity contribution < 1.29 is 33.4 Å². The van der Waals surface area contributed by atoms with Crippen molar-refractivity contribution in [2.75, 3.05) is 20.8 Å². The quantitative estimate of drug-likeness (QED) is 0.394. The lowest BCUT2D eigenvalue weighted by atomic mass is 10.1. The molecule has 1 saturated heterocycles. The summed E-state index contributed by atoms with van der Waals surface area (Å²) in [7, 11) is 2.93. The number of amides is 3. The molecule has 0 atom stereocenters. The minimum absolute atomic E-state index is 0.135. The fraction of sp³-hybridized carbons (Fsp3) is 0.143. The lowest BCUT2D eigenvalue weighted by Crippen LogP contribution is -2.36. The summed E-state index contributed by atoms with van der Waals surface area (Å²) in [5.41, 5.74) is 5.93. The van der Waals surface area contributed by atoms with E-state index in [0.29, 0.717) is 28.6 Å². The molecular weight excluding hydrogens is 424 g/mol. The average Bonchev–Trinajstić information content (AvgIpc) is 3.01. The fourth-order valence-corrected chi connectivity index (χ4v) is 3.53. The SMILES string of the molecule is COc1ccc(C(=O)Oc2ccc(/C=C3\SC(=O)N(CC(N)=O)C3=O)cc2OC)cc1. The largest absolute Gasteiger partial charge is 0.497 e. The lowest BCUT2D eigenvalue weighted by molar-refractivity contribution is -0.127. The summed E-state index contributed by atoms with van der Waals surface area (Å²) < 4.78 is 15.8. The van der Waals surface area contributed by atoms with Gasteiger partial charge in [-0.25, -0.2) is 4.79 Å². The van der Waals surface area contributed by atoms with E-state index in [-0.39, 0.29) is 16.4 Å². The van der Waals surface area contributed by atoms with Gasteiger partial charge in [0.2, 0.25) is 5.91 Å². The minimum Gasteiger partial charge on any atom is -0.497 e. The summed E-state index contributed by atoms with van der Waals surface area (Å²) in [6, 6.07) is 11.1. The van der Waals surface area contributed by atoms with Crippen molar-refractivity contribution in [1.29, 1.82) is 0 Å². The maximum absolute atomic E-state index is 12.4. The van der Waals surface area contributed by atoms with Gasteiger partial charge in [0.15, 0.2) is 11.5 Å². The molecule has 0 bridgehead atoms. The van der Waals surface area contributed by atoms with Crippen molar-refractivity contribution in [2.24, 2.45) is 5.73 Å². The molecule has 3 rings (SSSR count). The topological polar surface area (TPSA) is 125 Å². The van der Waals surface area contributed by atoms with Gasteiger partial charge in [-0.3, -0.25) is 19.3 Å². The number of hydrogen-bond acceptors (Lipinski definition) is 8. The van der Waals surface area contributed by atoms with Gasteiger partial charge in [0.1, 0.15) is 12.3 Å². The van der Waals surface area contributed by atoms with E-state index in [1.54, 1.807) is 36.4 Å². The number of nitrogens with two attached hydrogens (primary N) is 1. The number of nitrogens with zero attached hydrogens (tertiary/aromatic N) is 1. The van der Waals surface area contributed by atoms with Gasteiger partial charge in [-0.2, -0.15) is 0 Å². The molecule has 160 valence electrons. The Morgan fingerprint density at radius 3 is 2.35 bits per heavy atom. The third kappa shape index (κ3) is 5.04. The van der Waals surface area contributed by atoms with Crippen LogP contribution in [0.1, 0.15) is 15.9 Å². The van der Waals surface area contributed by atoms with Crippen LogP contribution in [0.25, 0.3) is 6.08 Å².